The topological polar surface area (TPSA) is 139 Å². The van der Waals surface area contributed by atoms with Gasteiger partial charge in [0.15, 0.2) is 0 Å². The second-order valence-electron chi connectivity index (χ2n) is 15.1. The van der Waals surface area contributed by atoms with Crippen LogP contribution in [0.3, 0.4) is 0 Å². The predicted molar refractivity (Wildman–Crippen MR) is 191 cm³/mol. The molecule has 1 aromatic carbocycles. The van der Waals surface area contributed by atoms with Gasteiger partial charge in [-0.15, -0.1) is 6.58 Å². The van der Waals surface area contributed by atoms with Gasteiger partial charge in [-0.25, -0.2) is 4.79 Å². The monoisotopic (exact) mass is 695 g/mol. The van der Waals surface area contributed by atoms with E-state index in [1.54, 1.807) is 12.1 Å². The number of allylic oxidation sites excluding steroid dienone is 1. The maximum atomic E-state index is 13.9. The molecule has 5 rings (SSSR count). The van der Waals surface area contributed by atoms with Gasteiger partial charge < -0.3 is 39.5 Å². The first kappa shape index (κ1) is 37.8. The maximum Gasteiger partial charge on any atom is 0.412 e. The van der Waals surface area contributed by atoms with Crippen LogP contribution in [-0.4, -0.2) is 83.7 Å². The molecule has 276 valence electrons. The third-order valence-corrected chi connectivity index (χ3v) is 10.3. The number of likely N-dealkylation sites (N-methyl/N-ethyl adjacent to an activating group) is 1. The first-order chi connectivity index (χ1) is 24.0. The number of oxime groups is 1. The number of carbonyl (C=O) groups excluding carboxylic acids is 2. The van der Waals surface area contributed by atoms with Gasteiger partial charge in [0.2, 0.25) is 11.7 Å². The van der Waals surface area contributed by atoms with Crippen molar-refractivity contribution in [1.29, 1.82) is 0 Å². The van der Waals surface area contributed by atoms with Gasteiger partial charge in [-0.1, -0.05) is 30.1 Å². The second kappa shape index (κ2) is 16.3. The standard InChI is InChI=1S/C39H57N3O8/c1-7-21-47-39-33(42(6)36(45)25-15-16-25)24-31(41-50-38(3,4)5)29-22-26(13-9-11-19-43)28(14-10-12-20-44)34(35(29)39)30-23-27(17-18-32(30)49-39)48-37(46)40-8-2/h7,17-18,22-23,25-26,28,33-35,43-44H,1,8-16,19-21,24H2,2-6H3,(H,40,46)/t26-,28+,33-,34+,35+,39+/m0/s1. The van der Waals surface area contributed by atoms with Crippen molar-refractivity contribution < 1.29 is 38.9 Å². The van der Waals surface area contributed by atoms with E-state index in [0.29, 0.717) is 37.3 Å². The summed E-state index contributed by atoms with van der Waals surface area (Å²) in [5, 5.41) is 27.0. The average molecular weight is 696 g/mol. The molecule has 4 aliphatic rings. The van der Waals surface area contributed by atoms with Crippen molar-refractivity contribution in [1.82, 2.24) is 10.2 Å². The molecule has 2 fully saturated rings. The summed E-state index contributed by atoms with van der Waals surface area (Å²) in [4.78, 5) is 34.3. The van der Waals surface area contributed by atoms with Gasteiger partial charge in [-0.3, -0.25) is 4.79 Å². The number of nitrogens with one attached hydrogen (secondary N) is 1. The highest BCUT2D eigenvalue weighted by Gasteiger charge is 2.65. The minimum absolute atomic E-state index is 0.0197. The van der Waals surface area contributed by atoms with Gasteiger partial charge in [0.25, 0.3) is 0 Å². The summed E-state index contributed by atoms with van der Waals surface area (Å²) in [6, 6.07) is 4.94. The van der Waals surface area contributed by atoms with Crippen LogP contribution in [0.2, 0.25) is 0 Å². The molecule has 0 bridgehead atoms. The summed E-state index contributed by atoms with van der Waals surface area (Å²) in [6.45, 7) is 12.5. The summed E-state index contributed by atoms with van der Waals surface area (Å²) in [5.74, 6) is -0.633. The Hall–Kier alpha value is -3.41. The molecule has 50 heavy (non-hydrogen) atoms. The highest BCUT2D eigenvalue weighted by Crippen LogP contribution is 2.62. The number of fused-ring (bicyclic) bond motifs is 2. The molecular formula is C39H57N3O8. The Morgan fingerprint density at radius 2 is 1.86 bits per heavy atom. The van der Waals surface area contributed by atoms with Crippen LogP contribution in [-0.2, 0) is 14.4 Å². The lowest BCUT2D eigenvalue weighted by atomic mass is 9.55. The van der Waals surface area contributed by atoms with Gasteiger partial charge in [0.1, 0.15) is 23.1 Å². The molecule has 11 nitrogen and oxygen atoms in total. The van der Waals surface area contributed by atoms with Gasteiger partial charge in [-0.2, -0.15) is 0 Å². The lowest BCUT2D eigenvalue weighted by molar-refractivity contribution is -0.256. The lowest BCUT2D eigenvalue weighted by Crippen LogP contribution is -2.69. The summed E-state index contributed by atoms with van der Waals surface area (Å²) in [5.41, 5.74) is 2.08. The molecule has 0 radical (unpaired) electrons. The zero-order valence-corrected chi connectivity index (χ0v) is 30.5. The molecule has 6 atom stereocenters. The van der Waals surface area contributed by atoms with Crippen molar-refractivity contribution in [3.63, 3.8) is 0 Å². The number of aliphatic hydroxyl groups is 2. The van der Waals surface area contributed by atoms with Crippen molar-refractivity contribution in [2.24, 2.45) is 28.8 Å². The third-order valence-electron chi connectivity index (χ3n) is 10.3. The molecule has 1 aliphatic heterocycles. The predicted octanol–water partition coefficient (Wildman–Crippen LogP) is 6.10. The van der Waals surface area contributed by atoms with E-state index < -0.39 is 29.4 Å². The first-order valence-electron chi connectivity index (χ1n) is 18.5. The Morgan fingerprint density at radius 1 is 1.14 bits per heavy atom. The zero-order chi connectivity index (χ0) is 36.1. The number of rotatable bonds is 16. The Labute approximate surface area is 297 Å². The zero-order valence-electron chi connectivity index (χ0n) is 30.5. The van der Waals surface area contributed by atoms with Crippen LogP contribution < -0.4 is 14.8 Å². The summed E-state index contributed by atoms with van der Waals surface area (Å²) >= 11 is 0. The largest absolute Gasteiger partial charge is 0.459 e. The first-order valence-corrected chi connectivity index (χ1v) is 18.5. The van der Waals surface area contributed by atoms with Crippen molar-refractivity contribution in [3.05, 3.63) is 48.1 Å². The quantitative estimate of drug-likeness (QED) is 0.107. The van der Waals surface area contributed by atoms with Crippen molar-refractivity contribution in [2.75, 3.05) is 33.4 Å². The number of amides is 2. The van der Waals surface area contributed by atoms with E-state index in [0.717, 1.165) is 55.4 Å². The number of ether oxygens (including phenoxy) is 3. The second-order valence-corrected chi connectivity index (χ2v) is 15.1. The fraction of sp³-hybridized carbons (Fsp3) is 0.667. The minimum atomic E-state index is -1.29. The van der Waals surface area contributed by atoms with E-state index in [9.17, 15) is 19.8 Å². The number of benzene rings is 1. The van der Waals surface area contributed by atoms with Gasteiger partial charge >= 0.3 is 6.09 Å². The van der Waals surface area contributed by atoms with E-state index in [1.165, 1.54) is 0 Å². The van der Waals surface area contributed by atoms with Crippen molar-refractivity contribution >= 4 is 17.7 Å². The molecule has 1 aromatic rings. The number of nitrogens with zero attached hydrogens (tertiary/aromatic N) is 2. The molecule has 0 unspecified atom stereocenters. The van der Waals surface area contributed by atoms with E-state index in [4.69, 9.17) is 24.2 Å². The van der Waals surface area contributed by atoms with Crippen LogP contribution in [0.5, 0.6) is 11.5 Å². The molecule has 3 aliphatic carbocycles. The Kier molecular flexibility index (Phi) is 12.3. The van der Waals surface area contributed by atoms with E-state index in [2.05, 4.69) is 18.0 Å². The normalized spacial score (nSPS) is 27.7. The Balaban J connectivity index is 1.75. The SMILES string of the molecule is C=CCO[C@@]12Oc3ccc(OC(=O)NCC)cc3[C@H]3[C@H](CCCCO)[C@@H](CCCCO)C=C(C(=NOC(C)(C)C)C[C@@H]1N(C)C(=O)C1CC1)[C@H]32. The number of hydrogen-bond donors (Lipinski definition) is 3. The van der Waals surface area contributed by atoms with Crippen LogP contribution in [0.4, 0.5) is 4.79 Å². The Morgan fingerprint density at radius 3 is 2.50 bits per heavy atom. The molecule has 0 spiro atoms. The third kappa shape index (κ3) is 8.21. The minimum Gasteiger partial charge on any atom is -0.459 e. The highest BCUT2D eigenvalue weighted by molar-refractivity contribution is 6.03. The molecular weight excluding hydrogens is 638 g/mol. The molecule has 3 N–H and O–H groups in total. The summed E-state index contributed by atoms with van der Waals surface area (Å²) in [6.07, 6.45) is 10.3. The van der Waals surface area contributed by atoms with Gasteiger partial charge in [0, 0.05) is 50.6 Å². The molecule has 2 saturated carbocycles. The molecule has 1 heterocycles. The maximum absolute atomic E-state index is 13.9. The van der Waals surface area contributed by atoms with Crippen molar-refractivity contribution in [2.45, 2.75) is 109 Å². The van der Waals surface area contributed by atoms with Crippen LogP contribution in [0.25, 0.3) is 0 Å². The average Bonchev–Trinajstić information content (AvgIpc) is 3.93. The van der Waals surface area contributed by atoms with E-state index in [1.807, 2.05) is 51.8 Å². The van der Waals surface area contributed by atoms with Crippen LogP contribution in [0, 0.1) is 23.7 Å². The molecule has 11 heteroatoms. The summed E-state index contributed by atoms with van der Waals surface area (Å²) in [7, 11) is 1.84. The van der Waals surface area contributed by atoms with Crippen LogP contribution >= 0.6 is 0 Å². The smallest absolute Gasteiger partial charge is 0.412 e. The molecule has 0 saturated heterocycles. The summed E-state index contributed by atoms with van der Waals surface area (Å²) < 4.78 is 19.7. The van der Waals surface area contributed by atoms with Crippen LogP contribution in [0.1, 0.15) is 97.0 Å². The lowest BCUT2D eigenvalue weighted by Gasteiger charge is -2.59. The molecule has 0 aromatic heterocycles. The van der Waals surface area contributed by atoms with Crippen LogP contribution in [0.15, 0.2) is 47.7 Å². The Bertz CT molecular complexity index is 1430. The van der Waals surface area contributed by atoms with E-state index >= 15 is 0 Å². The number of hydrogen-bond acceptors (Lipinski definition) is 9. The van der Waals surface area contributed by atoms with Crippen molar-refractivity contribution in [3.8, 4) is 11.5 Å². The number of carbonyl (C=O) groups is 2. The number of unbranched alkanes of at least 4 members (excludes halogenated alkanes) is 2. The van der Waals surface area contributed by atoms with Gasteiger partial charge in [-0.05, 0) is 102 Å². The fourth-order valence-electron chi connectivity index (χ4n) is 8.04. The highest BCUT2D eigenvalue weighted by atomic mass is 16.7. The van der Waals surface area contributed by atoms with Gasteiger partial charge in [0.05, 0.1) is 18.2 Å². The molecule has 2 amide bonds. The fourth-order valence-corrected chi connectivity index (χ4v) is 8.04. The van der Waals surface area contributed by atoms with E-state index in [-0.39, 0.29) is 49.4 Å². The number of aliphatic hydroxyl groups excluding tert-OH is 2.